The Balaban J connectivity index is 3.27. The summed E-state index contributed by atoms with van der Waals surface area (Å²) in [5.74, 6) is -4.70. The molecule has 10 nitrogen and oxygen atoms in total. The number of amides is 1. The zero-order valence-corrected chi connectivity index (χ0v) is 24.8. The summed E-state index contributed by atoms with van der Waals surface area (Å²) in [4.78, 5) is 41.6. The maximum Gasteiger partial charge on any atom is 0.329 e. The van der Waals surface area contributed by atoms with Crippen LogP contribution in [0.2, 0.25) is 0 Å². The Bertz CT molecular complexity index is 1140. The number of hydrogen-bond donors (Lipinski definition) is 1. The van der Waals surface area contributed by atoms with Crippen LogP contribution in [-0.2, 0) is 33.3 Å². The van der Waals surface area contributed by atoms with Gasteiger partial charge in [-0.05, 0) is 50.6 Å². The van der Waals surface area contributed by atoms with Gasteiger partial charge in [0.2, 0.25) is 6.79 Å². The van der Waals surface area contributed by atoms with Crippen molar-refractivity contribution in [1.29, 1.82) is 0 Å². The van der Waals surface area contributed by atoms with Crippen LogP contribution in [0.3, 0.4) is 0 Å². The van der Waals surface area contributed by atoms with E-state index in [-0.39, 0.29) is 28.9 Å². The van der Waals surface area contributed by atoms with Gasteiger partial charge in [0.15, 0.2) is 28.8 Å². The number of benzene rings is 1. The molecule has 0 bridgehead atoms. The Labute approximate surface area is 239 Å². The van der Waals surface area contributed by atoms with Gasteiger partial charge in [0.25, 0.3) is 5.91 Å². The number of nitrogens with one attached hydrogen (secondary N) is 1. The minimum absolute atomic E-state index is 0.104. The first-order valence-electron chi connectivity index (χ1n) is 13.1. The van der Waals surface area contributed by atoms with Crippen molar-refractivity contribution in [3.8, 4) is 5.75 Å². The quantitative estimate of drug-likeness (QED) is 0.0735. The van der Waals surface area contributed by atoms with Crippen molar-refractivity contribution in [3.63, 3.8) is 0 Å². The molecule has 12 heteroatoms. The SMILES string of the molecule is C=N/C(C(=O)N[C@H](C(=O)O[C@@H](C)[C@H](Oc1cc(F)ccc1F)C(C)C)[C@@H](C)CC)=C(OCOC(C)=O)\C(=C/C)OC. The molecule has 0 radical (unpaired) electrons. The summed E-state index contributed by atoms with van der Waals surface area (Å²) in [6.45, 7) is 14.4. The first-order valence-corrected chi connectivity index (χ1v) is 13.1. The molecule has 1 N–H and O–H groups in total. The number of carbonyl (C=O) groups is 3. The lowest BCUT2D eigenvalue weighted by Gasteiger charge is -2.30. The molecule has 0 aliphatic rings. The van der Waals surface area contributed by atoms with E-state index in [0.717, 1.165) is 18.2 Å². The second kappa shape index (κ2) is 17.0. The van der Waals surface area contributed by atoms with E-state index < -0.39 is 60.4 Å². The highest BCUT2D eigenvalue weighted by Crippen LogP contribution is 2.25. The van der Waals surface area contributed by atoms with Crippen molar-refractivity contribution in [1.82, 2.24) is 5.32 Å². The van der Waals surface area contributed by atoms with E-state index in [2.05, 4.69) is 17.0 Å². The Morgan fingerprint density at radius 3 is 2.29 bits per heavy atom. The zero-order chi connectivity index (χ0) is 31.3. The van der Waals surface area contributed by atoms with E-state index in [1.807, 2.05) is 6.92 Å². The van der Waals surface area contributed by atoms with Crippen LogP contribution in [0.15, 0.2) is 46.5 Å². The molecule has 0 aromatic heterocycles. The van der Waals surface area contributed by atoms with Gasteiger partial charge in [-0.1, -0.05) is 34.1 Å². The van der Waals surface area contributed by atoms with E-state index in [4.69, 9.17) is 23.7 Å². The average molecular weight is 583 g/mol. The highest BCUT2D eigenvalue weighted by atomic mass is 19.1. The minimum atomic E-state index is -1.14. The number of aliphatic imine (C=N–C) groups is 1. The molecule has 228 valence electrons. The molecule has 1 aromatic rings. The first kappa shape index (κ1) is 35.1. The van der Waals surface area contributed by atoms with Crippen molar-refractivity contribution in [2.45, 2.75) is 73.1 Å². The molecular formula is C29H40F2N2O8. The summed E-state index contributed by atoms with van der Waals surface area (Å²) >= 11 is 0. The van der Waals surface area contributed by atoms with Gasteiger partial charge in [-0.3, -0.25) is 14.6 Å². The number of ether oxygens (including phenoxy) is 5. The van der Waals surface area contributed by atoms with Gasteiger partial charge in [0.1, 0.15) is 24.1 Å². The van der Waals surface area contributed by atoms with Crippen molar-refractivity contribution in [3.05, 3.63) is 53.1 Å². The third-order valence-electron chi connectivity index (χ3n) is 6.09. The van der Waals surface area contributed by atoms with E-state index in [0.29, 0.717) is 6.42 Å². The number of carbonyl (C=O) groups excluding carboxylic acids is 3. The van der Waals surface area contributed by atoms with Crippen LogP contribution in [0.4, 0.5) is 8.78 Å². The number of esters is 2. The highest BCUT2D eigenvalue weighted by Gasteiger charge is 2.34. The number of allylic oxidation sites excluding steroid dienone is 1. The molecule has 1 aromatic carbocycles. The van der Waals surface area contributed by atoms with Gasteiger partial charge < -0.3 is 29.0 Å². The number of halogens is 2. The predicted molar refractivity (Wildman–Crippen MR) is 148 cm³/mol. The molecule has 0 spiro atoms. The monoisotopic (exact) mass is 582 g/mol. The molecule has 0 aliphatic heterocycles. The van der Waals surface area contributed by atoms with Crippen molar-refractivity contribution >= 4 is 24.6 Å². The number of hydrogen-bond acceptors (Lipinski definition) is 9. The molecule has 4 atom stereocenters. The fraction of sp³-hybridized carbons (Fsp3) is 0.517. The summed E-state index contributed by atoms with van der Waals surface area (Å²) in [6, 6.07) is 1.68. The van der Waals surface area contributed by atoms with Crippen molar-refractivity contribution < 1.29 is 46.8 Å². The summed E-state index contributed by atoms with van der Waals surface area (Å²) < 4.78 is 54.8. The van der Waals surface area contributed by atoms with Crippen LogP contribution >= 0.6 is 0 Å². The van der Waals surface area contributed by atoms with Gasteiger partial charge >= 0.3 is 11.9 Å². The highest BCUT2D eigenvalue weighted by molar-refractivity contribution is 5.97. The van der Waals surface area contributed by atoms with E-state index >= 15 is 0 Å². The third-order valence-corrected chi connectivity index (χ3v) is 6.09. The maximum absolute atomic E-state index is 14.2. The molecule has 0 unspecified atom stereocenters. The lowest BCUT2D eigenvalue weighted by molar-refractivity contribution is -0.159. The number of methoxy groups -OCH3 is 1. The average Bonchev–Trinajstić information content (AvgIpc) is 2.91. The summed E-state index contributed by atoms with van der Waals surface area (Å²) in [5.41, 5.74) is -0.328. The maximum atomic E-state index is 14.2. The minimum Gasteiger partial charge on any atom is -0.493 e. The second-order valence-electron chi connectivity index (χ2n) is 9.47. The lowest BCUT2D eigenvalue weighted by atomic mass is 9.98. The van der Waals surface area contributed by atoms with Gasteiger partial charge in [-0.2, -0.15) is 0 Å². The fourth-order valence-corrected chi connectivity index (χ4v) is 3.71. The van der Waals surface area contributed by atoms with Crippen LogP contribution in [-0.4, -0.2) is 56.7 Å². The Kier molecular flexibility index (Phi) is 14.5. The molecule has 41 heavy (non-hydrogen) atoms. The number of nitrogens with zero attached hydrogens (tertiary/aromatic N) is 1. The smallest absolute Gasteiger partial charge is 0.329 e. The van der Waals surface area contributed by atoms with E-state index in [9.17, 15) is 23.2 Å². The topological polar surface area (TPSA) is 122 Å². The molecule has 0 saturated heterocycles. The molecule has 1 rings (SSSR count). The molecular weight excluding hydrogens is 542 g/mol. The largest absolute Gasteiger partial charge is 0.493 e. The lowest BCUT2D eigenvalue weighted by Crippen LogP contribution is -2.49. The van der Waals surface area contributed by atoms with Crippen LogP contribution < -0.4 is 10.1 Å². The molecule has 0 heterocycles. The predicted octanol–water partition coefficient (Wildman–Crippen LogP) is 4.83. The Morgan fingerprint density at radius 1 is 1.12 bits per heavy atom. The van der Waals surface area contributed by atoms with Crippen LogP contribution in [0, 0.1) is 23.5 Å². The van der Waals surface area contributed by atoms with Crippen molar-refractivity contribution in [2.24, 2.45) is 16.8 Å². The van der Waals surface area contributed by atoms with E-state index in [1.54, 1.807) is 34.6 Å². The second-order valence-corrected chi connectivity index (χ2v) is 9.47. The van der Waals surface area contributed by atoms with Gasteiger partial charge in [0.05, 0.1) is 7.11 Å². The van der Waals surface area contributed by atoms with Crippen LogP contribution in [0.5, 0.6) is 5.75 Å². The Morgan fingerprint density at radius 2 is 1.78 bits per heavy atom. The van der Waals surface area contributed by atoms with Gasteiger partial charge in [-0.25, -0.2) is 13.6 Å². The third kappa shape index (κ3) is 10.5. The summed E-state index contributed by atoms with van der Waals surface area (Å²) in [6.07, 6.45) is 0.236. The molecule has 0 saturated carbocycles. The van der Waals surface area contributed by atoms with Crippen LogP contribution in [0.25, 0.3) is 0 Å². The van der Waals surface area contributed by atoms with Crippen molar-refractivity contribution in [2.75, 3.05) is 13.9 Å². The molecule has 0 fully saturated rings. The van der Waals surface area contributed by atoms with Gasteiger partial charge in [-0.15, -0.1) is 0 Å². The Hall–Kier alpha value is -3.96. The summed E-state index contributed by atoms with van der Waals surface area (Å²) in [5, 5.41) is 2.61. The zero-order valence-electron chi connectivity index (χ0n) is 24.8. The molecule has 0 aliphatic carbocycles. The standard InChI is InChI=1S/C29H40F2N2O8/c1-10-17(5)24(33-28(35)25(32-8)27(22(11-2)37-9)39-15-38-19(7)34)29(36)40-18(6)26(16(3)4)41-23-14-20(30)12-13-21(23)31/h11-14,16-18,24,26H,8,10,15H2,1-7,9H3,(H,33,35)/b22-11+,27-25+/t17-,18-,24-,26+/m0/s1. The van der Waals surface area contributed by atoms with Crippen LogP contribution in [0.1, 0.15) is 54.9 Å². The normalized spacial score (nSPS) is 15.0. The molecule has 1 amide bonds. The van der Waals surface area contributed by atoms with E-state index in [1.165, 1.54) is 20.1 Å². The fourth-order valence-electron chi connectivity index (χ4n) is 3.71. The number of rotatable bonds is 16. The summed E-state index contributed by atoms with van der Waals surface area (Å²) in [7, 11) is 1.34. The first-order chi connectivity index (χ1) is 19.3. The van der Waals surface area contributed by atoms with Gasteiger partial charge in [0, 0.05) is 13.0 Å².